The molecule has 0 aliphatic heterocycles. The Morgan fingerprint density at radius 3 is 2.78 bits per heavy atom. The zero-order valence-corrected chi connectivity index (χ0v) is 11.7. The van der Waals surface area contributed by atoms with E-state index >= 15 is 0 Å². The van der Waals surface area contributed by atoms with E-state index in [0.29, 0.717) is 13.2 Å². The van der Waals surface area contributed by atoms with Gasteiger partial charge in [-0.15, -0.1) is 0 Å². The smallest absolute Gasteiger partial charge is 0.165 e. The quantitative estimate of drug-likeness (QED) is 0.596. The van der Waals surface area contributed by atoms with Crippen LogP contribution in [0.15, 0.2) is 24.3 Å². The third kappa shape index (κ3) is 3.22. The van der Waals surface area contributed by atoms with Crippen LogP contribution in [0.1, 0.15) is 6.42 Å². The zero-order valence-electron chi connectivity index (χ0n) is 10.1. The standard InChI is InChI=1S/C13H16BrFO3/c1-16-6-7-17-13-9(14)8-12(13)18-11-5-3-2-4-10(11)15/h2-5,9,12-13H,6-8H2,1H3. The van der Waals surface area contributed by atoms with Gasteiger partial charge in [0, 0.05) is 18.4 Å². The van der Waals surface area contributed by atoms with Gasteiger partial charge in [-0.05, 0) is 12.1 Å². The van der Waals surface area contributed by atoms with Gasteiger partial charge >= 0.3 is 0 Å². The Balaban J connectivity index is 1.88. The van der Waals surface area contributed by atoms with Crippen LogP contribution in [0.25, 0.3) is 0 Å². The maximum absolute atomic E-state index is 13.4. The normalized spacial score (nSPS) is 26.7. The summed E-state index contributed by atoms with van der Waals surface area (Å²) in [5.74, 6) is -0.0617. The van der Waals surface area contributed by atoms with Gasteiger partial charge in [-0.2, -0.15) is 0 Å². The maximum Gasteiger partial charge on any atom is 0.165 e. The second-order valence-electron chi connectivity index (χ2n) is 4.17. The second kappa shape index (κ2) is 6.50. The van der Waals surface area contributed by atoms with E-state index in [9.17, 15) is 4.39 Å². The summed E-state index contributed by atoms with van der Waals surface area (Å²) in [6, 6.07) is 6.41. The van der Waals surface area contributed by atoms with Crippen LogP contribution >= 0.6 is 15.9 Å². The number of rotatable bonds is 6. The number of hydrogen-bond acceptors (Lipinski definition) is 3. The van der Waals surface area contributed by atoms with E-state index in [4.69, 9.17) is 14.2 Å². The predicted octanol–water partition coefficient (Wildman–Crippen LogP) is 2.77. The van der Waals surface area contributed by atoms with E-state index in [2.05, 4.69) is 15.9 Å². The number of hydrogen-bond donors (Lipinski definition) is 0. The lowest BCUT2D eigenvalue weighted by Gasteiger charge is -2.40. The molecule has 0 spiro atoms. The molecular formula is C13H16BrFO3. The van der Waals surface area contributed by atoms with Crippen LogP contribution in [0.5, 0.6) is 5.75 Å². The molecule has 1 aliphatic rings. The largest absolute Gasteiger partial charge is 0.485 e. The molecule has 1 fully saturated rings. The highest BCUT2D eigenvalue weighted by Gasteiger charge is 2.42. The lowest BCUT2D eigenvalue weighted by molar-refractivity contribution is -0.0874. The average Bonchev–Trinajstić information content (AvgIpc) is 2.36. The Hall–Kier alpha value is -0.650. The lowest BCUT2D eigenvalue weighted by atomic mass is 9.91. The van der Waals surface area contributed by atoms with Gasteiger partial charge < -0.3 is 14.2 Å². The third-order valence-corrected chi connectivity index (χ3v) is 3.79. The number of methoxy groups -OCH3 is 1. The van der Waals surface area contributed by atoms with Crippen molar-refractivity contribution in [1.82, 2.24) is 0 Å². The Kier molecular flexibility index (Phi) is 4.97. The molecule has 1 aliphatic carbocycles. The van der Waals surface area contributed by atoms with Crippen molar-refractivity contribution in [3.05, 3.63) is 30.1 Å². The van der Waals surface area contributed by atoms with Gasteiger partial charge in [0.05, 0.1) is 13.2 Å². The monoisotopic (exact) mass is 318 g/mol. The summed E-state index contributed by atoms with van der Waals surface area (Å²) < 4.78 is 29.6. The van der Waals surface area contributed by atoms with Gasteiger partial charge in [-0.25, -0.2) is 4.39 Å². The topological polar surface area (TPSA) is 27.7 Å². The molecule has 0 radical (unpaired) electrons. The minimum atomic E-state index is -0.342. The SMILES string of the molecule is COCCOC1C(Br)CC1Oc1ccccc1F. The van der Waals surface area contributed by atoms with Crippen LogP contribution in [0.2, 0.25) is 0 Å². The van der Waals surface area contributed by atoms with E-state index in [1.807, 2.05) is 0 Å². The van der Waals surface area contributed by atoms with E-state index in [1.165, 1.54) is 6.07 Å². The molecule has 3 atom stereocenters. The van der Waals surface area contributed by atoms with E-state index < -0.39 is 0 Å². The highest BCUT2D eigenvalue weighted by molar-refractivity contribution is 9.09. The zero-order chi connectivity index (χ0) is 13.0. The van der Waals surface area contributed by atoms with Crippen molar-refractivity contribution in [1.29, 1.82) is 0 Å². The summed E-state index contributed by atoms with van der Waals surface area (Å²) in [4.78, 5) is 0.256. The summed E-state index contributed by atoms with van der Waals surface area (Å²) in [5.41, 5.74) is 0. The van der Waals surface area contributed by atoms with Crippen molar-refractivity contribution in [2.24, 2.45) is 0 Å². The van der Waals surface area contributed by atoms with Crippen LogP contribution in [0, 0.1) is 5.82 Å². The second-order valence-corrected chi connectivity index (χ2v) is 5.34. The highest BCUT2D eigenvalue weighted by Crippen LogP contribution is 2.34. The Bertz CT molecular complexity index is 388. The summed E-state index contributed by atoms with van der Waals surface area (Å²) in [6.45, 7) is 1.06. The molecule has 0 saturated heterocycles. The molecule has 0 aromatic heterocycles. The molecule has 1 saturated carbocycles. The molecule has 0 N–H and O–H groups in total. The summed E-state index contributed by atoms with van der Waals surface area (Å²) in [7, 11) is 1.63. The molecule has 5 heteroatoms. The molecule has 0 heterocycles. The fraction of sp³-hybridized carbons (Fsp3) is 0.538. The molecule has 100 valence electrons. The molecule has 3 unspecified atom stereocenters. The van der Waals surface area contributed by atoms with Crippen molar-refractivity contribution in [2.45, 2.75) is 23.5 Å². The Morgan fingerprint density at radius 2 is 2.11 bits per heavy atom. The molecule has 0 amide bonds. The number of para-hydroxylation sites is 1. The van der Waals surface area contributed by atoms with Crippen LogP contribution < -0.4 is 4.74 Å². The maximum atomic E-state index is 13.4. The number of alkyl halides is 1. The Labute approximate surface area is 114 Å². The van der Waals surface area contributed by atoms with Gasteiger partial charge in [0.25, 0.3) is 0 Å². The molecule has 1 aromatic carbocycles. The van der Waals surface area contributed by atoms with Crippen LogP contribution in [-0.2, 0) is 9.47 Å². The molecular weight excluding hydrogens is 303 g/mol. The molecule has 18 heavy (non-hydrogen) atoms. The van der Waals surface area contributed by atoms with Gasteiger partial charge in [-0.3, -0.25) is 0 Å². The fourth-order valence-electron chi connectivity index (χ4n) is 1.83. The first kappa shape index (κ1) is 13.8. The van der Waals surface area contributed by atoms with E-state index in [1.54, 1.807) is 25.3 Å². The molecule has 0 bridgehead atoms. The predicted molar refractivity (Wildman–Crippen MR) is 69.8 cm³/mol. The number of halogens is 2. The minimum Gasteiger partial charge on any atom is -0.485 e. The summed E-state index contributed by atoms with van der Waals surface area (Å²) >= 11 is 3.51. The fourth-order valence-corrected chi connectivity index (χ4v) is 2.69. The third-order valence-electron chi connectivity index (χ3n) is 2.89. The number of benzene rings is 1. The van der Waals surface area contributed by atoms with Crippen molar-refractivity contribution in [2.75, 3.05) is 20.3 Å². The van der Waals surface area contributed by atoms with Crippen molar-refractivity contribution in [3.63, 3.8) is 0 Å². The van der Waals surface area contributed by atoms with E-state index in [-0.39, 0.29) is 28.6 Å². The lowest BCUT2D eigenvalue weighted by Crippen LogP contribution is -2.52. The molecule has 1 aromatic rings. The average molecular weight is 319 g/mol. The molecule has 3 nitrogen and oxygen atoms in total. The summed E-state index contributed by atoms with van der Waals surface area (Å²) in [6.07, 6.45) is 0.647. The first-order valence-electron chi connectivity index (χ1n) is 5.88. The van der Waals surface area contributed by atoms with Crippen LogP contribution in [0.3, 0.4) is 0 Å². The molecule has 2 rings (SSSR count). The van der Waals surface area contributed by atoms with Gasteiger partial charge in [0.15, 0.2) is 11.6 Å². The summed E-state index contributed by atoms with van der Waals surface area (Å²) in [5, 5.41) is 0. The minimum absolute atomic E-state index is 0.0558. The highest BCUT2D eigenvalue weighted by atomic mass is 79.9. The number of ether oxygens (including phenoxy) is 3. The first-order valence-corrected chi connectivity index (χ1v) is 6.79. The van der Waals surface area contributed by atoms with Gasteiger partial charge in [0.1, 0.15) is 12.2 Å². The van der Waals surface area contributed by atoms with Gasteiger partial charge in [0.2, 0.25) is 0 Å². The van der Waals surface area contributed by atoms with Crippen molar-refractivity contribution < 1.29 is 18.6 Å². The van der Waals surface area contributed by atoms with Gasteiger partial charge in [-0.1, -0.05) is 28.1 Å². The van der Waals surface area contributed by atoms with Crippen LogP contribution in [-0.4, -0.2) is 37.4 Å². The van der Waals surface area contributed by atoms with Crippen molar-refractivity contribution >= 4 is 15.9 Å². The van der Waals surface area contributed by atoms with E-state index in [0.717, 1.165) is 6.42 Å². The Morgan fingerprint density at radius 1 is 1.33 bits per heavy atom. The van der Waals surface area contributed by atoms with Crippen LogP contribution in [0.4, 0.5) is 4.39 Å². The van der Waals surface area contributed by atoms with Crippen molar-refractivity contribution in [3.8, 4) is 5.75 Å². The first-order chi connectivity index (χ1) is 8.72.